The minimum atomic E-state index is -0.257. The summed E-state index contributed by atoms with van der Waals surface area (Å²) in [6, 6.07) is 7.19. The van der Waals surface area contributed by atoms with Crippen LogP contribution in [0.25, 0.3) is 0 Å². The molecule has 0 saturated carbocycles. The van der Waals surface area contributed by atoms with E-state index in [1.165, 1.54) is 11.3 Å². The predicted octanol–water partition coefficient (Wildman–Crippen LogP) is 3.54. The van der Waals surface area contributed by atoms with E-state index < -0.39 is 0 Å². The number of likely N-dealkylation sites (tertiary alicyclic amines) is 1. The summed E-state index contributed by atoms with van der Waals surface area (Å²) in [6.07, 6.45) is 1.53. The molecule has 0 unspecified atom stereocenters. The van der Waals surface area contributed by atoms with Crippen LogP contribution in [0.5, 0.6) is 0 Å². The number of rotatable bonds is 3. The van der Waals surface area contributed by atoms with Crippen LogP contribution >= 0.6 is 11.3 Å². The van der Waals surface area contributed by atoms with Gasteiger partial charge in [-0.3, -0.25) is 14.4 Å². The SMILES string of the molecule is CC(C)(C)CC(=O)N1C[C@@H]2C[C@H](C1)c1ccc(NC(=O)c3cccs3)c(=O)n1C2. The van der Waals surface area contributed by atoms with Crippen LogP contribution in [-0.4, -0.2) is 34.4 Å². The van der Waals surface area contributed by atoms with Crippen LogP contribution in [0.4, 0.5) is 5.69 Å². The number of hydrogen-bond donors (Lipinski definition) is 1. The predicted molar refractivity (Wildman–Crippen MR) is 114 cm³/mol. The first-order valence-corrected chi connectivity index (χ1v) is 11.0. The summed E-state index contributed by atoms with van der Waals surface area (Å²) in [4.78, 5) is 40.6. The van der Waals surface area contributed by atoms with E-state index in [2.05, 4.69) is 26.1 Å². The van der Waals surface area contributed by atoms with Gasteiger partial charge in [-0.1, -0.05) is 26.8 Å². The standard InChI is InChI=1S/C22H27N3O3S/c1-22(2,3)10-19(26)24-11-14-9-15(13-24)17-7-6-16(21(28)25(17)12-14)23-20(27)18-5-4-8-29-18/h4-8,14-15H,9-13H2,1-3H3,(H,23,27)/t14-,15+/m0/s1. The maximum atomic E-state index is 13.0. The molecule has 2 amide bonds. The first-order chi connectivity index (χ1) is 13.7. The maximum absolute atomic E-state index is 13.0. The van der Waals surface area contributed by atoms with E-state index in [1.807, 2.05) is 22.4 Å². The van der Waals surface area contributed by atoms with Gasteiger partial charge < -0.3 is 14.8 Å². The molecule has 0 radical (unpaired) electrons. The van der Waals surface area contributed by atoms with Crippen molar-refractivity contribution in [2.45, 2.75) is 46.1 Å². The Hall–Kier alpha value is -2.41. The van der Waals surface area contributed by atoms with Crippen molar-refractivity contribution in [1.29, 1.82) is 0 Å². The first-order valence-electron chi connectivity index (χ1n) is 10.1. The topological polar surface area (TPSA) is 71.4 Å². The molecule has 2 bridgehead atoms. The van der Waals surface area contributed by atoms with E-state index in [0.717, 1.165) is 12.1 Å². The number of fused-ring (bicyclic) bond motifs is 4. The number of amides is 2. The number of pyridine rings is 1. The van der Waals surface area contributed by atoms with Crippen LogP contribution in [0.2, 0.25) is 0 Å². The van der Waals surface area contributed by atoms with Crippen molar-refractivity contribution < 1.29 is 9.59 Å². The van der Waals surface area contributed by atoms with E-state index in [0.29, 0.717) is 36.6 Å². The molecule has 2 atom stereocenters. The molecule has 1 N–H and O–H groups in total. The molecule has 1 saturated heterocycles. The second-order valence-corrected chi connectivity index (χ2v) is 10.3. The van der Waals surface area contributed by atoms with Crippen molar-refractivity contribution in [3.05, 3.63) is 50.6 Å². The molecule has 4 heterocycles. The van der Waals surface area contributed by atoms with Crippen LogP contribution in [-0.2, 0) is 11.3 Å². The normalized spacial score (nSPS) is 20.9. The molecular formula is C22H27N3O3S. The smallest absolute Gasteiger partial charge is 0.274 e. The third-order valence-electron chi connectivity index (χ3n) is 5.63. The first kappa shape index (κ1) is 19.9. The Bertz CT molecular complexity index is 988. The van der Waals surface area contributed by atoms with Gasteiger partial charge in [-0.2, -0.15) is 0 Å². The van der Waals surface area contributed by atoms with E-state index in [-0.39, 0.29) is 34.6 Å². The monoisotopic (exact) mass is 413 g/mol. The number of piperidine rings is 1. The summed E-state index contributed by atoms with van der Waals surface area (Å²) in [5, 5.41) is 4.59. The maximum Gasteiger partial charge on any atom is 0.274 e. The molecular weight excluding hydrogens is 386 g/mol. The number of nitrogens with one attached hydrogen (secondary N) is 1. The Morgan fingerprint density at radius 3 is 2.66 bits per heavy atom. The van der Waals surface area contributed by atoms with Gasteiger partial charge in [-0.25, -0.2) is 0 Å². The third-order valence-corrected chi connectivity index (χ3v) is 6.50. The van der Waals surface area contributed by atoms with Crippen LogP contribution in [0.15, 0.2) is 34.4 Å². The molecule has 1 fully saturated rings. The lowest BCUT2D eigenvalue weighted by atomic mass is 9.82. The fraction of sp³-hybridized carbons (Fsp3) is 0.500. The lowest BCUT2D eigenvalue weighted by molar-refractivity contribution is -0.135. The molecule has 0 spiro atoms. The van der Waals surface area contributed by atoms with Crippen molar-refractivity contribution in [3.63, 3.8) is 0 Å². The summed E-state index contributed by atoms with van der Waals surface area (Å²) in [6.45, 7) is 8.19. The summed E-state index contributed by atoms with van der Waals surface area (Å²) in [5.41, 5.74) is 1.09. The van der Waals surface area contributed by atoms with E-state index in [4.69, 9.17) is 0 Å². The van der Waals surface area contributed by atoms with E-state index >= 15 is 0 Å². The molecule has 2 aliphatic heterocycles. The number of thiophene rings is 1. The highest BCUT2D eigenvalue weighted by atomic mass is 32.1. The van der Waals surface area contributed by atoms with Gasteiger partial charge in [0.2, 0.25) is 5.91 Å². The quantitative estimate of drug-likeness (QED) is 0.837. The summed E-state index contributed by atoms with van der Waals surface area (Å²) in [7, 11) is 0. The summed E-state index contributed by atoms with van der Waals surface area (Å²) >= 11 is 1.35. The molecule has 0 aliphatic carbocycles. The molecule has 7 heteroatoms. The Balaban J connectivity index is 1.55. The van der Waals surface area contributed by atoms with Crippen molar-refractivity contribution in [1.82, 2.24) is 9.47 Å². The molecule has 154 valence electrons. The lowest BCUT2D eigenvalue weighted by Crippen LogP contribution is -2.49. The van der Waals surface area contributed by atoms with E-state index in [1.54, 1.807) is 16.7 Å². The lowest BCUT2D eigenvalue weighted by Gasteiger charge is -2.43. The van der Waals surface area contributed by atoms with Crippen LogP contribution in [0, 0.1) is 11.3 Å². The average molecular weight is 414 g/mol. The highest BCUT2D eigenvalue weighted by molar-refractivity contribution is 7.12. The van der Waals surface area contributed by atoms with Crippen LogP contribution in [0.3, 0.4) is 0 Å². The van der Waals surface area contributed by atoms with Crippen molar-refractivity contribution >= 4 is 28.8 Å². The molecule has 29 heavy (non-hydrogen) atoms. The average Bonchev–Trinajstić information content (AvgIpc) is 3.18. The summed E-state index contributed by atoms with van der Waals surface area (Å²) < 4.78 is 1.80. The zero-order valence-corrected chi connectivity index (χ0v) is 17.9. The molecule has 2 aromatic rings. The van der Waals surface area contributed by atoms with Gasteiger partial charge in [-0.15, -0.1) is 11.3 Å². The van der Waals surface area contributed by atoms with Gasteiger partial charge in [-0.05, 0) is 41.3 Å². The third kappa shape index (κ3) is 4.15. The number of aromatic nitrogens is 1. The minimum absolute atomic E-state index is 0.0336. The second-order valence-electron chi connectivity index (χ2n) is 9.35. The van der Waals surface area contributed by atoms with Crippen LogP contribution in [0.1, 0.15) is 54.9 Å². The highest BCUT2D eigenvalue weighted by Crippen LogP contribution is 2.36. The fourth-order valence-corrected chi connectivity index (χ4v) is 5.02. The zero-order chi connectivity index (χ0) is 20.8. The molecule has 4 rings (SSSR count). The zero-order valence-electron chi connectivity index (χ0n) is 17.1. The second kappa shape index (κ2) is 7.44. The van der Waals surface area contributed by atoms with Gasteiger partial charge in [0, 0.05) is 37.7 Å². The van der Waals surface area contributed by atoms with Crippen molar-refractivity contribution in [2.24, 2.45) is 11.3 Å². The fourth-order valence-electron chi connectivity index (χ4n) is 4.40. The van der Waals surface area contributed by atoms with Crippen molar-refractivity contribution in [2.75, 3.05) is 18.4 Å². The Morgan fingerprint density at radius 1 is 1.17 bits per heavy atom. The van der Waals surface area contributed by atoms with Gasteiger partial charge in [0.05, 0.1) is 4.88 Å². The van der Waals surface area contributed by atoms with Gasteiger partial charge in [0.25, 0.3) is 11.5 Å². The number of hydrogen-bond acceptors (Lipinski definition) is 4. The molecule has 2 aliphatic rings. The molecule has 2 aromatic heterocycles. The molecule has 0 aromatic carbocycles. The Kier molecular flexibility index (Phi) is 5.11. The van der Waals surface area contributed by atoms with Gasteiger partial charge in [0.15, 0.2) is 0 Å². The van der Waals surface area contributed by atoms with E-state index in [9.17, 15) is 14.4 Å². The highest BCUT2D eigenvalue weighted by Gasteiger charge is 2.37. The van der Waals surface area contributed by atoms with Gasteiger partial charge >= 0.3 is 0 Å². The summed E-state index contributed by atoms with van der Waals surface area (Å²) in [5.74, 6) is 0.378. The number of carbonyl (C=O) groups excluding carboxylic acids is 2. The minimum Gasteiger partial charge on any atom is -0.342 e. The number of anilines is 1. The van der Waals surface area contributed by atoms with Crippen LogP contribution < -0.4 is 10.9 Å². The van der Waals surface area contributed by atoms with Crippen molar-refractivity contribution in [3.8, 4) is 0 Å². The molecule has 6 nitrogen and oxygen atoms in total. The Labute approximate surface area is 174 Å². The largest absolute Gasteiger partial charge is 0.342 e. The number of nitrogens with zero attached hydrogens (tertiary/aromatic N) is 2. The number of carbonyl (C=O) groups is 2. The Morgan fingerprint density at radius 2 is 1.97 bits per heavy atom. The van der Waals surface area contributed by atoms with Gasteiger partial charge in [0.1, 0.15) is 5.69 Å².